The number of hydrogen-bond donors (Lipinski definition) is 0. The molecular weight excluding hydrogens is 252 g/mol. The van der Waals surface area contributed by atoms with Crippen molar-refractivity contribution in [3.8, 4) is 11.5 Å². The highest BCUT2D eigenvalue weighted by Gasteiger charge is 1.97. The summed E-state index contributed by atoms with van der Waals surface area (Å²) in [5.74, 6) is 1.57. The number of hydrogen-bond acceptors (Lipinski definition) is 4. The first-order valence-electron chi connectivity index (χ1n) is 6.12. The monoisotopic (exact) mass is 264 g/mol. The highest BCUT2D eigenvalue weighted by Crippen LogP contribution is 2.21. The van der Waals surface area contributed by atoms with Gasteiger partial charge in [0.05, 0.1) is 6.21 Å². The fourth-order valence-corrected chi connectivity index (χ4v) is 1.67. The molecule has 5 heteroatoms. The van der Waals surface area contributed by atoms with Crippen molar-refractivity contribution < 1.29 is 4.74 Å². The van der Waals surface area contributed by atoms with Crippen LogP contribution in [0.3, 0.4) is 0 Å². The van der Waals surface area contributed by atoms with Crippen LogP contribution in [0.4, 0.5) is 0 Å². The minimum absolute atomic E-state index is 0.768. The van der Waals surface area contributed by atoms with Gasteiger partial charge in [0.25, 0.3) is 0 Å². The fourth-order valence-electron chi connectivity index (χ4n) is 1.67. The lowest BCUT2D eigenvalue weighted by Crippen LogP contribution is -1.89. The maximum Gasteiger partial charge on any atom is 0.141 e. The molecule has 2 aromatic carbocycles. The van der Waals surface area contributed by atoms with E-state index in [1.807, 2.05) is 54.6 Å². The maximum absolute atomic E-state index is 5.76. The number of ether oxygens (including phenoxy) is 1. The predicted molar refractivity (Wildman–Crippen MR) is 76.0 cm³/mol. The summed E-state index contributed by atoms with van der Waals surface area (Å²) in [5, 5.41) is 11.6. The van der Waals surface area contributed by atoms with Gasteiger partial charge in [-0.05, 0) is 29.8 Å². The minimum atomic E-state index is 0.768. The van der Waals surface area contributed by atoms with Crippen molar-refractivity contribution in [2.45, 2.75) is 0 Å². The molecule has 0 amide bonds. The first-order chi connectivity index (χ1) is 9.90. The van der Waals surface area contributed by atoms with Crippen LogP contribution in [0.15, 0.2) is 72.4 Å². The quantitative estimate of drug-likeness (QED) is 0.681. The topological polar surface area (TPSA) is 52.3 Å². The van der Waals surface area contributed by atoms with Gasteiger partial charge in [0, 0.05) is 0 Å². The van der Waals surface area contributed by atoms with Gasteiger partial charge in [-0.3, -0.25) is 0 Å². The molecule has 1 heterocycles. The lowest BCUT2D eigenvalue weighted by atomic mass is 10.2. The summed E-state index contributed by atoms with van der Waals surface area (Å²) in [6.45, 7) is 0. The van der Waals surface area contributed by atoms with Crippen molar-refractivity contribution >= 4 is 6.21 Å². The van der Waals surface area contributed by atoms with E-state index in [1.54, 1.807) is 6.21 Å². The summed E-state index contributed by atoms with van der Waals surface area (Å²) in [6.07, 6.45) is 4.78. The van der Waals surface area contributed by atoms with E-state index in [-0.39, 0.29) is 0 Å². The Morgan fingerprint density at radius 2 is 1.65 bits per heavy atom. The summed E-state index contributed by atoms with van der Waals surface area (Å²) in [6, 6.07) is 17.4. The largest absolute Gasteiger partial charge is 0.457 e. The maximum atomic E-state index is 5.76. The van der Waals surface area contributed by atoms with E-state index < -0.39 is 0 Å². The van der Waals surface area contributed by atoms with E-state index in [0.29, 0.717) is 0 Å². The number of rotatable bonds is 4. The van der Waals surface area contributed by atoms with Crippen molar-refractivity contribution in [3.63, 3.8) is 0 Å². The Morgan fingerprint density at radius 1 is 0.900 bits per heavy atom. The van der Waals surface area contributed by atoms with Crippen molar-refractivity contribution in [3.05, 3.63) is 72.8 Å². The summed E-state index contributed by atoms with van der Waals surface area (Å²) in [7, 11) is 0. The Labute approximate surface area is 116 Å². The molecule has 0 bridgehead atoms. The van der Waals surface area contributed by atoms with Crippen molar-refractivity contribution in [1.82, 2.24) is 14.9 Å². The molecule has 20 heavy (non-hydrogen) atoms. The lowest BCUT2D eigenvalue weighted by molar-refractivity contribution is 0.482. The van der Waals surface area contributed by atoms with Gasteiger partial charge < -0.3 is 4.74 Å². The number of para-hydroxylation sites is 1. The van der Waals surface area contributed by atoms with Crippen LogP contribution in [-0.2, 0) is 0 Å². The van der Waals surface area contributed by atoms with Gasteiger partial charge in [-0.15, -0.1) is 10.2 Å². The highest BCUT2D eigenvalue weighted by atomic mass is 16.5. The highest BCUT2D eigenvalue weighted by molar-refractivity contribution is 5.80. The van der Waals surface area contributed by atoms with Crippen LogP contribution in [-0.4, -0.2) is 21.1 Å². The van der Waals surface area contributed by atoms with Crippen LogP contribution in [0.1, 0.15) is 5.56 Å². The zero-order valence-electron chi connectivity index (χ0n) is 10.6. The third-order valence-corrected chi connectivity index (χ3v) is 2.58. The summed E-state index contributed by atoms with van der Waals surface area (Å²) in [5.41, 5.74) is 0.937. The molecular formula is C15H12N4O. The van der Waals surface area contributed by atoms with Crippen LogP contribution in [0, 0.1) is 0 Å². The standard InChI is InChI=1S/C15H12N4O/c1-2-6-14(7-3-1)20-15-8-4-5-13(9-15)10-18-19-11-16-17-12-19/h1-12H. The normalized spacial score (nSPS) is 10.8. The van der Waals surface area contributed by atoms with E-state index in [2.05, 4.69) is 15.3 Å². The Bertz CT molecular complexity index is 693. The molecule has 0 saturated heterocycles. The third kappa shape index (κ3) is 3.08. The first-order valence-corrected chi connectivity index (χ1v) is 6.12. The van der Waals surface area contributed by atoms with Crippen molar-refractivity contribution in [1.29, 1.82) is 0 Å². The zero-order valence-corrected chi connectivity index (χ0v) is 10.6. The summed E-state index contributed by atoms with van der Waals surface area (Å²) < 4.78 is 7.30. The van der Waals surface area contributed by atoms with Gasteiger partial charge in [-0.2, -0.15) is 5.10 Å². The van der Waals surface area contributed by atoms with Crippen LogP contribution in [0.5, 0.6) is 11.5 Å². The van der Waals surface area contributed by atoms with Crippen LogP contribution < -0.4 is 4.74 Å². The molecule has 1 aromatic heterocycles. The van der Waals surface area contributed by atoms with Gasteiger partial charge in [0.15, 0.2) is 0 Å². The smallest absolute Gasteiger partial charge is 0.141 e. The Morgan fingerprint density at radius 3 is 2.45 bits per heavy atom. The van der Waals surface area contributed by atoms with Crippen LogP contribution in [0.2, 0.25) is 0 Å². The fraction of sp³-hybridized carbons (Fsp3) is 0. The molecule has 0 radical (unpaired) electrons. The molecule has 3 aromatic rings. The van der Waals surface area contributed by atoms with Gasteiger partial charge in [-0.25, -0.2) is 4.68 Å². The Balaban J connectivity index is 1.76. The SMILES string of the molecule is C(=Nn1cnnc1)c1cccc(Oc2ccccc2)c1. The van der Waals surface area contributed by atoms with Crippen LogP contribution in [0.25, 0.3) is 0 Å². The third-order valence-electron chi connectivity index (χ3n) is 2.58. The predicted octanol–water partition coefficient (Wildman–Crippen LogP) is 2.95. The van der Waals surface area contributed by atoms with E-state index in [4.69, 9.17) is 4.74 Å². The molecule has 0 atom stereocenters. The number of benzene rings is 2. The molecule has 5 nitrogen and oxygen atoms in total. The minimum Gasteiger partial charge on any atom is -0.457 e. The Kier molecular flexibility index (Phi) is 3.51. The molecule has 0 aliphatic heterocycles. The van der Waals surface area contributed by atoms with Crippen LogP contribution >= 0.6 is 0 Å². The second kappa shape index (κ2) is 5.79. The van der Waals surface area contributed by atoms with Gasteiger partial charge in [0.2, 0.25) is 0 Å². The first kappa shape index (κ1) is 12.1. The molecule has 0 spiro atoms. The number of aromatic nitrogens is 3. The Hall–Kier alpha value is -2.95. The zero-order chi connectivity index (χ0) is 13.6. The van der Waals surface area contributed by atoms with E-state index >= 15 is 0 Å². The lowest BCUT2D eigenvalue weighted by Gasteiger charge is -2.05. The summed E-state index contributed by atoms with van der Waals surface area (Å²) >= 11 is 0. The molecule has 0 unspecified atom stereocenters. The number of nitrogens with zero attached hydrogens (tertiary/aromatic N) is 4. The second-order valence-electron chi connectivity index (χ2n) is 4.07. The molecule has 0 saturated carbocycles. The van der Waals surface area contributed by atoms with E-state index in [9.17, 15) is 0 Å². The second-order valence-corrected chi connectivity index (χ2v) is 4.07. The molecule has 98 valence electrons. The average Bonchev–Trinajstić information content (AvgIpc) is 3.00. The molecule has 0 aliphatic carbocycles. The van der Waals surface area contributed by atoms with Gasteiger partial charge in [0.1, 0.15) is 24.2 Å². The molecule has 0 aliphatic rings. The molecule has 0 fully saturated rings. The van der Waals surface area contributed by atoms with E-state index in [0.717, 1.165) is 17.1 Å². The van der Waals surface area contributed by atoms with Crippen molar-refractivity contribution in [2.75, 3.05) is 0 Å². The van der Waals surface area contributed by atoms with Gasteiger partial charge in [-0.1, -0.05) is 30.3 Å². The molecule has 0 N–H and O–H groups in total. The average molecular weight is 264 g/mol. The molecule has 3 rings (SSSR count). The van der Waals surface area contributed by atoms with E-state index in [1.165, 1.54) is 17.3 Å². The van der Waals surface area contributed by atoms with Gasteiger partial charge >= 0.3 is 0 Å². The summed E-state index contributed by atoms with van der Waals surface area (Å²) in [4.78, 5) is 0. The van der Waals surface area contributed by atoms with Crippen molar-refractivity contribution in [2.24, 2.45) is 5.10 Å².